The van der Waals surface area contributed by atoms with Crippen LogP contribution in [0.4, 0.5) is 11.4 Å². The molecule has 1 saturated carbocycles. The number of nitro groups is 1. The van der Waals surface area contributed by atoms with Gasteiger partial charge in [0.25, 0.3) is 5.69 Å². The van der Waals surface area contributed by atoms with Crippen LogP contribution in [0, 0.1) is 10.1 Å². The number of hydrogen-bond donors (Lipinski definition) is 1. The number of thioether (sulfide) groups is 1. The van der Waals surface area contributed by atoms with E-state index < -0.39 is 4.92 Å². The van der Waals surface area contributed by atoms with E-state index in [0.29, 0.717) is 16.8 Å². The number of methoxy groups -OCH3 is 1. The molecule has 1 aromatic heterocycles. The van der Waals surface area contributed by atoms with Crippen molar-refractivity contribution in [3.63, 3.8) is 0 Å². The predicted octanol–water partition coefficient (Wildman–Crippen LogP) is 2.34. The maximum Gasteiger partial charge on any atom is 0.296 e. The summed E-state index contributed by atoms with van der Waals surface area (Å²) in [6, 6.07) is 4.28. The van der Waals surface area contributed by atoms with E-state index in [-0.39, 0.29) is 23.0 Å². The summed E-state index contributed by atoms with van der Waals surface area (Å²) in [7, 11) is 3.30. The van der Waals surface area contributed by atoms with Crippen molar-refractivity contribution in [3.05, 3.63) is 34.1 Å². The molecule has 0 unspecified atom stereocenters. The van der Waals surface area contributed by atoms with E-state index in [1.54, 1.807) is 6.07 Å². The van der Waals surface area contributed by atoms with Crippen LogP contribution < -0.4 is 10.1 Å². The highest BCUT2D eigenvalue weighted by atomic mass is 32.2. The van der Waals surface area contributed by atoms with Crippen molar-refractivity contribution in [2.75, 3.05) is 18.2 Å². The van der Waals surface area contributed by atoms with Gasteiger partial charge in [0.15, 0.2) is 5.16 Å². The van der Waals surface area contributed by atoms with Gasteiger partial charge in [-0.15, -0.1) is 10.2 Å². The molecule has 1 aliphatic rings. The van der Waals surface area contributed by atoms with Crippen LogP contribution in [0.1, 0.15) is 24.6 Å². The summed E-state index contributed by atoms with van der Waals surface area (Å²) in [4.78, 5) is 22.7. The average Bonchev–Trinajstić information content (AvgIpc) is 3.36. The lowest BCUT2D eigenvalue weighted by Gasteiger charge is -2.07. The van der Waals surface area contributed by atoms with E-state index >= 15 is 0 Å². The second kappa shape index (κ2) is 7.09. The third kappa shape index (κ3) is 3.90. The fourth-order valence-corrected chi connectivity index (χ4v) is 3.08. The van der Waals surface area contributed by atoms with Crippen molar-refractivity contribution in [3.8, 4) is 5.75 Å². The first-order chi connectivity index (χ1) is 12.0. The lowest BCUT2D eigenvalue weighted by Crippen LogP contribution is -2.15. The molecule has 1 aromatic carbocycles. The number of carbonyl (C=O) groups is 1. The van der Waals surface area contributed by atoms with E-state index in [0.717, 1.165) is 18.7 Å². The van der Waals surface area contributed by atoms with E-state index in [4.69, 9.17) is 4.74 Å². The zero-order valence-electron chi connectivity index (χ0n) is 13.8. The summed E-state index contributed by atoms with van der Waals surface area (Å²) < 4.78 is 6.87. The van der Waals surface area contributed by atoms with Gasteiger partial charge in [-0.1, -0.05) is 11.8 Å². The topological polar surface area (TPSA) is 112 Å². The van der Waals surface area contributed by atoms with E-state index in [9.17, 15) is 14.9 Å². The molecule has 3 rings (SSSR count). The molecule has 1 aliphatic carbocycles. The highest BCUT2D eigenvalue weighted by Gasteiger charge is 2.29. The predicted molar refractivity (Wildman–Crippen MR) is 92.0 cm³/mol. The molecule has 0 atom stereocenters. The van der Waals surface area contributed by atoms with Crippen molar-refractivity contribution >= 4 is 29.0 Å². The Hall–Kier alpha value is -2.62. The number of amides is 1. The molecular weight excluding hydrogens is 346 g/mol. The van der Waals surface area contributed by atoms with Crippen LogP contribution >= 0.6 is 11.8 Å². The van der Waals surface area contributed by atoms with E-state index in [1.165, 1.54) is 31.0 Å². The minimum Gasteiger partial charge on any atom is -0.496 e. The van der Waals surface area contributed by atoms with Gasteiger partial charge in [-0.05, 0) is 25.0 Å². The molecule has 0 saturated heterocycles. The third-order valence-corrected chi connectivity index (χ3v) is 4.84. The third-order valence-electron chi connectivity index (χ3n) is 3.82. The Morgan fingerprint density at radius 1 is 1.48 bits per heavy atom. The molecule has 0 bridgehead atoms. The van der Waals surface area contributed by atoms with Gasteiger partial charge < -0.3 is 14.6 Å². The first-order valence-electron chi connectivity index (χ1n) is 7.64. The number of benzene rings is 1. The summed E-state index contributed by atoms with van der Waals surface area (Å²) in [6.07, 6.45) is 2.25. The van der Waals surface area contributed by atoms with E-state index in [2.05, 4.69) is 15.5 Å². The van der Waals surface area contributed by atoms with Crippen LogP contribution in [0.5, 0.6) is 5.75 Å². The molecule has 0 aliphatic heterocycles. The number of ether oxygens (including phenoxy) is 1. The number of hydrogen-bond acceptors (Lipinski definition) is 7. The Balaban J connectivity index is 1.64. The first kappa shape index (κ1) is 17.2. The summed E-state index contributed by atoms with van der Waals surface area (Å²) in [6.45, 7) is 0. The van der Waals surface area contributed by atoms with Crippen molar-refractivity contribution in [1.82, 2.24) is 14.8 Å². The van der Waals surface area contributed by atoms with Gasteiger partial charge in [0.05, 0.1) is 23.9 Å². The van der Waals surface area contributed by atoms with Crippen molar-refractivity contribution < 1.29 is 14.5 Å². The van der Waals surface area contributed by atoms with Crippen molar-refractivity contribution in [2.45, 2.75) is 23.9 Å². The van der Waals surface area contributed by atoms with Gasteiger partial charge in [0.2, 0.25) is 5.91 Å². The zero-order valence-corrected chi connectivity index (χ0v) is 14.6. The molecule has 9 nitrogen and oxygen atoms in total. The van der Waals surface area contributed by atoms with Crippen LogP contribution in [0.25, 0.3) is 0 Å². The quantitative estimate of drug-likeness (QED) is 0.456. The van der Waals surface area contributed by atoms with Crippen molar-refractivity contribution in [2.24, 2.45) is 7.05 Å². The fraction of sp³-hybridized carbons (Fsp3) is 0.400. The standard InChI is InChI=1S/C15H17N5O4S/c1-19-14(9-3-4-9)17-18-15(19)25-8-13(21)16-11-6-5-10(24-2)7-12(11)20(22)23/h5-7,9H,3-4,8H2,1-2H3,(H,16,21). The SMILES string of the molecule is COc1ccc(NC(=O)CSc2nnc(C3CC3)n2C)c([N+](=O)[O-])c1. The molecule has 2 aromatic rings. The molecule has 132 valence electrons. The minimum atomic E-state index is -0.560. The van der Waals surface area contributed by atoms with Crippen molar-refractivity contribution in [1.29, 1.82) is 0 Å². The van der Waals surface area contributed by atoms with Crippen LogP contribution in [0.3, 0.4) is 0 Å². The van der Waals surface area contributed by atoms with E-state index in [1.807, 2.05) is 11.6 Å². The van der Waals surface area contributed by atoms with Gasteiger partial charge in [-0.25, -0.2) is 0 Å². The highest BCUT2D eigenvalue weighted by molar-refractivity contribution is 7.99. The maximum absolute atomic E-state index is 12.1. The second-order valence-corrected chi connectivity index (χ2v) is 6.59. The van der Waals surface area contributed by atoms with Gasteiger partial charge >= 0.3 is 0 Å². The van der Waals surface area contributed by atoms with Gasteiger partial charge in [-0.3, -0.25) is 14.9 Å². The number of nitrogens with one attached hydrogen (secondary N) is 1. The molecule has 1 N–H and O–H groups in total. The van der Waals surface area contributed by atoms with Crippen LogP contribution in [0.2, 0.25) is 0 Å². The molecule has 1 fully saturated rings. The van der Waals surface area contributed by atoms with Gasteiger partial charge in [-0.2, -0.15) is 0 Å². The summed E-state index contributed by atoms with van der Waals surface area (Å²) in [5.41, 5.74) is -0.0830. The van der Waals surface area contributed by atoms with Crippen LogP contribution in [-0.2, 0) is 11.8 Å². The molecule has 1 amide bonds. The lowest BCUT2D eigenvalue weighted by atomic mass is 10.2. The monoisotopic (exact) mass is 363 g/mol. The molecule has 10 heteroatoms. The number of nitrogens with zero attached hydrogens (tertiary/aromatic N) is 4. The zero-order chi connectivity index (χ0) is 18.0. The minimum absolute atomic E-state index is 0.0832. The Bertz CT molecular complexity index is 818. The molecule has 0 spiro atoms. The Kier molecular flexibility index (Phi) is 4.88. The van der Waals surface area contributed by atoms with Gasteiger partial charge in [0, 0.05) is 13.0 Å². The number of aromatic nitrogens is 3. The molecule has 0 radical (unpaired) electrons. The highest BCUT2D eigenvalue weighted by Crippen LogP contribution is 2.39. The largest absolute Gasteiger partial charge is 0.496 e. The fourth-order valence-electron chi connectivity index (χ4n) is 2.36. The van der Waals surface area contributed by atoms with Crippen LogP contribution in [0.15, 0.2) is 23.4 Å². The van der Waals surface area contributed by atoms with Crippen LogP contribution in [-0.4, -0.2) is 38.5 Å². The molecule has 25 heavy (non-hydrogen) atoms. The number of carbonyl (C=O) groups excluding carboxylic acids is 1. The second-order valence-electron chi connectivity index (χ2n) is 5.65. The summed E-state index contributed by atoms with van der Waals surface area (Å²) in [5, 5.41) is 22.6. The Morgan fingerprint density at radius 3 is 2.88 bits per heavy atom. The van der Waals surface area contributed by atoms with Gasteiger partial charge in [0.1, 0.15) is 17.3 Å². The lowest BCUT2D eigenvalue weighted by molar-refractivity contribution is -0.384. The Labute approximate surface area is 147 Å². The number of anilines is 1. The maximum atomic E-state index is 12.1. The molecule has 1 heterocycles. The number of rotatable bonds is 7. The summed E-state index contributed by atoms with van der Waals surface area (Å²) >= 11 is 1.25. The smallest absolute Gasteiger partial charge is 0.296 e. The summed E-state index contributed by atoms with van der Waals surface area (Å²) in [5.74, 6) is 1.50. The average molecular weight is 363 g/mol. The Morgan fingerprint density at radius 2 is 2.24 bits per heavy atom. The first-order valence-corrected chi connectivity index (χ1v) is 8.62. The normalized spacial score (nSPS) is 13.5. The molecular formula is C15H17N5O4S. The number of nitro benzene ring substituents is 1.